The first-order valence-corrected chi connectivity index (χ1v) is 5.43. The second kappa shape index (κ2) is 8.46. The highest BCUT2D eigenvalue weighted by molar-refractivity contribution is 6.18. The molecule has 0 heterocycles. The van der Waals surface area contributed by atoms with E-state index in [-0.39, 0.29) is 0 Å². The van der Waals surface area contributed by atoms with Crippen LogP contribution in [0, 0.1) is 0 Å². The SMILES string of the molecule is C=C(CCCCl)OC(=C)CCCCl. The van der Waals surface area contributed by atoms with Gasteiger partial charge >= 0.3 is 0 Å². The van der Waals surface area contributed by atoms with Crippen LogP contribution in [0.4, 0.5) is 0 Å². The van der Waals surface area contributed by atoms with Crippen LogP contribution in [0.5, 0.6) is 0 Å². The van der Waals surface area contributed by atoms with E-state index >= 15 is 0 Å². The van der Waals surface area contributed by atoms with Gasteiger partial charge in [0.2, 0.25) is 0 Å². The maximum Gasteiger partial charge on any atom is 0.0964 e. The first-order valence-electron chi connectivity index (χ1n) is 4.36. The van der Waals surface area contributed by atoms with E-state index in [4.69, 9.17) is 27.9 Å². The van der Waals surface area contributed by atoms with E-state index in [1.54, 1.807) is 0 Å². The molecule has 0 aliphatic rings. The van der Waals surface area contributed by atoms with Crippen LogP contribution in [-0.4, -0.2) is 11.8 Å². The zero-order valence-corrected chi connectivity index (χ0v) is 9.33. The fraction of sp³-hybridized carbons (Fsp3) is 0.600. The van der Waals surface area contributed by atoms with E-state index in [0.29, 0.717) is 11.8 Å². The lowest BCUT2D eigenvalue weighted by molar-refractivity contribution is 0.279. The quantitative estimate of drug-likeness (QED) is 0.445. The second-order valence-corrected chi connectivity index (χ2v) is 3.52. The number of halogens is 2. The number of rotatable bonds is 8. The molecule has 0 saturated carbocycles. The summed E-state index contributed by atoms with van der Waals surface area (Å²) in [5.74, 6) is 2.74. The summed E-state index contributed by atoms with van der Waals surface area (Å²) in [5, 5.41) is 0. The molecule has 13 heavy (non-hydrogen) atoms. The average molecular weight is 223 g/mol. The standard InChI is InChI=1S/C10H16Cl2O/c1-9(5-3-7-11)13-10(2)6-4-8-12/h1-8H2. The Balaban J connectivity index is 3.47. The highest BCUT2D eigenvalue weighted by Crippen LogP contribution is 2.13. The molecule has 0 atom stereocenters. The lowest BCUT2D eigenvalue weighted by Gasteiger charge is -2.09. The Kier molecular flexibility index (Phi) is 8.37. The molecule has 0 radical (unpaired) electrons. The van der Waals surface area contributed by atoms with Crippen molar-refractivity contribution in [1.82, 2.24) is 0 Å². The fourth-order valence-corrected chi connectivity index (χ4v) is 1.10. The van der Waals surface area contributed by atoms with Crippen molar-refractivity contribution in [2.45, 2.75) is 25.7 Å². The molecule has 0 aromatic rings. The van der Waals surface area contributed by atoms with Crippen LogP contribution >= 0.6 is 23.2 Å². The van der Waals surface area contributed by atoms with E-state index in [1.165, 1.54) is 0 Å². The minimum atomic E-state index is 0.635. The number of alkyl halides is 2. The first kappa shape index (κ1) is 12.9. The van der Waals surface area contributed by atoms with Gasteiger partial charge in [0.25, 0.3) is 0 Å². The van der Waals surface area contributed by atoms with Gasteiger partial charge in [-0.2, -0.15) is 0 Å². The predicted molar refractivity (Wildman–Crippen MR) is 59.3 cm³/mol. The Morgan fingerprint density at radius 1 is 0.923 bits per heavy atom. The molecule has 0 fully saturated rings. The Labute approximate surface area is 90.4 Å². The number of hydrogen-bond acceptors (Lipinski definition) is 1. The number of hydrogen-bond donors (Lipinski definition) is 0. The van der Waals surface area contributed by atoms with Crippen molar-refractivity contribution < 1.29 is 4.74 Å². The summed E-state index contributed by atoms with van der Waals surface area (Å²) in [5.41, 5.74) is 0. The third-order valence-corrected chi connectivity index (χ3v) is 2.00. The van der Waals surface area contributed by atoms with Crippen LogP contribution in [0.1, 0.15) is 25.7 Å². The van der Waals surface area contributed by atoms with E-state index in [1.807, 2.05) is 0 Å². The molecule has 3 heteroatoms. The van der Waals surface area contributed by atoms with Crippen molar-refractivity contribution in [3.8, 4) is 0 Å². The Bertz CT molecular complexity index is 148. The molecule has 0 spiro atoms. The van der Waals surface area contributed by atoms with E-state index < -0.39 is 0 Å². The van der Waals surface area contributed by atoms with Gasteiger partial charge in [-0.1, -0.05) is 13.2 Å². The molecule has 0 unspecified atom stereocenters. The molecule has 0 aliphatic heterocycles. The van der Waals surface area contributed by atoms with Gasteiger partial charge in [0.15, 0.2) is 0 Å². The zero-order chi connectivity index (χ0) is 10.1. The molecule has 0 aromatic heterocycles. The number of ether oxygens (including phenoxy) is 1. The highest BCUT2D eigenvalue weighted by atomic mass is 35.5. The van der Waals surface area contributed by atoms with Gasteiger partial charge < -0.3 is 4.74 Å². The molecule has 0 aromatic carbocycles. The third-order valence-electron chi connectivity index (χ3n) is 1.47. The molecule has 0 saturated heterocycles. The fourth-order valence-electron chi connectivity index (χ4n) is 0.834. The molecular formula is C10H16Cl2O. The zero-order valence-electron chi connectivity index (χ0n) is 7.82. The Morgan fingerprint density at radius 3 is 1.62 bits per heavy atom. The van der Waals surface area contributed by atoms with Gasteiger partial charge in [-0.15, -0.1) is 23.2 Å². The van der Waals surface area contributed by atoms with Gasteiger partial charge in [-0.05, 0) is 12.8 Å². The third kappa shape index (κ3) is 8.20. The van der Waals surface area contributed by atoms with Crippen molar-refractivity contribution in [3.63, 3.8) is 0 Å². The first-order chi connectivity index (χ1) is 6.20. The molecule has 0 rings (SSSR count). The van der Waals surface area contributed by atoms with Crippen molar-refractivity contribution in [2.75, 3.05) is 11.8 Å². The smallest absolute Gasteiger partial charge is 0.0964 e. The highest BCUT2D eigenvalue weighted by Gasteiger charge is 1.99. The van der Waals surface area contributed by atoms with Gasteiger partial charge in [-0.3, -0.25) is 0 Å². The second-order valence-electron chi connectivity index (χ2n) is 2.76. The van der Waals surface area contributed by atoms with Crippen LogP contribution in [0.2, 0.25) is 0 Å². The van der Waals surface area contributed by atoms with Crippen LogP contribution < -0.4 is 0 Å². The largest absolute Gasteiger partial charge is 0.467 e. The summed E-state index contributed by atoms with van der Waals surface area (Å²) < 4.78 is 5.35. The minimum Gasteiger partial charge on any atom is -0.467 e. The van der Waals surface area contributed by atoms with Crippen LogP contribution in [0.3, 0.4) is 0 Å². The van der Waals surface area contributed by atoms with E-state index in [0.717, 1.165) is 37.2 Å². The summed E-state index contributed by atoms with van der Waals surface area (Å²) in [6, 6.07) is 0. The summed E-state index contributed by atoms with van der Waals surface area (Å²) in [7, 11) is 0. The summed E-state index contributed by atoms with van der Waals surface area (Å²) in [4.78, 5) is 0. The van der Waals surface area contributed by atoms with Crippen LogP contribution in [-0.2, 0) is 4.74 Å². The van der Waals surface area contributed by atoms with Gasteiger partial charge in [-0.25, -0.2) is 0 Å². The molecular weight excluding hydrogens is 207 g/mol. The van der Waals surface area contributed by atoms with Gasteiger partial charge in [0.1, 0.15) is 0 Å². The normalized spacial score (nSPS) is 9.69. The van der Waals surface area contributed by atoms with Crippen LogP contribution in [0.15, 0.2) is 24.7 Å². The molecule has 0 N–H and O–H groups in total. The monoisotopic (exact) mass is 222 g/mol. The van der Waals surface area contributed by atoms with E-state index in [9.17, 15) is 0 Å². The Morgan fingerprint density at radius 2 is 1.31 bits per heavy atom. The van der Waals surface area contributed by atoms with Crippen LogP contribution in [0.25, 0.3) is 0 Å². The minimum absolute atomic E-state index is 0.635. The molecule has 1 nitrogen and oxygen atoms in total. The lowest BCUT2D eigenvalue weighted by Crippen LogP contribution is -1.92. The molecule has 76 valence electrons. The Hall–Kier alpha value is -0.140. The van der Waals surface area contributed by atoms with E-state index in [2.05, 4.69) is 13.2 Å². The van der Waals surface area contributed by atoms with Crippen molar-refractivity contribution in [3.05, 3.63) is 24.7 Å². The average Bonchev–Trinajstić information content (AvgIpc) is 2.11. The topological polar surface area (TPSA) is 9.23 Å². The van der Waals surface area contributed by atoms with Crippen molar-refractivity contribution in [2.24, 2.45) is 0 Å². The van der Waals surface area contributed by atoms with Crippen molar-refractivity contribution >= 4 is 23.2 Å². The number of allylic oxidation sites excluding steroid dienone is 2. The summed E-state index contributed by atoms with van der Waals surface area (Å²) in [6.45, 7) is 7.53. The lowest BCUT2D eigenvalue weighted by atomic mass is 10.3. The maximum absolute atomic E-state index is 5.53. The molecule has 0 amide bonds. The van der Waals surface area contributed by atoms with Crippen molar-refractivity contribution in [1.29, 1.82) is 0 Å². The van der Waals surface area contributed by atoms with Gasteiger partial charge in [0, 0.05) is 24.6 Å². The molecule has 0 bridgehead atoms. The molecule has 0 aliphatic carbocycles. The maximum atomic E-state index is 5.53. The predicted octanol–water partition coefficient (Wildman–Crippen LogP) is 4.07. The summed E-state index contributed by atoms with van der Waals surface area (Å²) in [6.07, 6.45) is 3.37. The van der Waals surface area contributed by atoms with Gasteiger partial charge in [0.05, 0.1) is 11.5 Å². The summed E-state index contributed by atoms with van der Waals surface area (Å²) >= 11 is 11.1.